The normalized spacial score (nSPS) is 10.0. The number of hydrazine groups is 2. The third-order valence-corrected chi connectivity index (χ3v) is 3.74. The molecule has 1 amide bonds. The molecule has 13 heteroatoms. The van der Waals surface area contributed by atoms with Crippen LogP contribution in [0.25, 0.3) is 0 Å². The summed E-state index contributed by atoms with van der Waals surface area (Å²) in [6.07, 6.45) is 1.07. The molecular weight excluding hydrogens is 396 g/mol. The molecule has 0 saturated carbocycles. The van der Waals surface area contributed by atoms with E-state index in [9.17, 15) is 25.0 Å². The quantitative estimate of drug-likeness (QED) is 0.318. The van der Waals surface area contributed by atoms with E-state index in [-0.39, 0.29) is 22.9 Å². The molecule has 1 heterocycles. The fourth-order valence-corrected chi connectivity index (χ4v) is 2.31. The van der Waals surface area contributed by atoms with Crippen molar-refractivity contribution in [3.8, 4) is 0 Å². The Kier molecular flexibility index (Phi) is 5.93. The summed E-state index contributed by atoms with van der Waals surface area (Å²) in [6.45, 7) is 0. The van der Waals surface area contributed by atoms with Crippen molar-refractivity contribution in [1.82, 2.24) is 15.4 Å². The molecule has 0 aliphatic carbocycles. The summed E-state index contributed by atoms with van der Waals surface area (Å²) in [5, 5.41) is 22.2. The summed E-state index contributed by atoms with van der Waals surface area (Å²) in [6, 6.07) is 13.7. The highest BCUT2D eigenvalue weighted by atomic mass is 16.6. The number of carbonyl (C=O) groups excluding carboxylic acids is 1. The first kappa shape index (κ1) is 19.9. The smallest absolute Gasteiger partial charge is 0.299 e. The molecule has 0 bridgehead atoms. The van der Waals surface area contributed by atoms with E-state index < -0.39 is 21.4 Å². The molecule has 0 aliphatic heterocycles. The van der Waals surface area contributed by atoms with Crippen LogP contribution in [-0.2, 0) is 0 Å². The molecule has 1 aromatic heterocycles. The number of amides is 1. The van der Waals surface area contributed by atoms with Gasteiger partial charge in [0.05, 0.1) is 15.5 Å². The summed E-state index contributed by atoms with van der Waals surface area (Å²) in [5.74, 6) is -1.07. The van der Waals surface area contributed by atoms with Crippen LogP contribution < -0.4 is 21.7 Å². The van der Waals surface area contributed by atoms with Gasteiger partial charge in [-0.05, 0) is 24.3 Å². The molecule has 0 fully saturated rings. The van der Waals surface area contributed by atoms with Gasteiger partial charge in [-0.2, -0.15) is 0 Å². The van der Waals surface area contributed by atoms with Crippen LogP contribution in [-0.4, -0.2) is 25.7 Å². The molecule has 0 spiro atoms. The second-order valence-corrected chi connectivity index (χ2v) is 5.68. The lowest BCUT2D eigenvalue weighted by atomic mass is 10.2. The van der Waals surface area contributed by atoms with Gasteiger partial charge >= 0.3 is 5.69 Å². The zero-order valence-electron chi connectivity index (χ0n) is 15.1. The topological polar surface area (TPSA) is 177 Å². The Morgan fingerprint density at radius 3 is 2.03 bits per heavy atom. The zero-order valence-corrected chi connectivity index (χ0v) is 15.1. The molecule has 0 atom stereocenters. The third-order valence-electron chi connectivity index (χ3n) is 3.74. The number of hydrogen-bond acceptors (Lipinski definition) is 10. The standard InChI is InChI=1S/C17H14N8O5/c26-17(11-6-8-13(9-7-11)24(27)28)23-22-16-14(25(29)30)15(18-10-19-16)21-20-12-4-2-1-3-5-12/h1-10,20H,(H,23,26)(H2,18,19,21,22). The number of nitrogens with zero attached hydrogens (tertiary/aromatic N) is 4. The largest absolute Gasteiger partial charge is 0.356 e. The van der Waals surface area contributed by atoms with Crippen LogP contribution in [0.15, 0.2) is 60.9 Å². The first-order chi connectivity index (χ1) is 14.5. The lowest BCUT2D eigenvalue weighted by Gasteiger charge is -2.12. The number of aromatic nitrogens is 2. The molecule has 152 valence electrons. The van der Waals surface area contributed by atoms with Gasteiger partial charge in [0.1, 0.15) is 6.33 Å². The van der Waals surface area contributed by atoms with Crippen LogP contribution in [0.3, 0.4) is 0 Å². The summed E-state index contributed by atoms with van der Waals surface area (Å²) in [5.41, 5.74) is 10.1. The predicted octanol–water partition coefficient (Wildman–Crippen LogP) is 2.49. The lowest BCUT2D eigenvalue weighted by molar-refractivity contribution is -0.384. The molecule has 4 N–H and O–H groups in total. The van der Waals surface area contributed by atoms with Crippen molar-refractivity contribution in [2.24, 2.45) is 0 Å². The van der Waals surface area contributed by atoms with Gasteiger partial charge in [0.25, 0.3) is 11.6 Å². The highest BCUT2D eigenvalue weighted by Crippen LogP contribution is 2.28. The highest BCUT2D eigenvalue weighted by molar-refractivity contribution is 5.95. The lowest BCUT2D eigenvalue weighted by Crippen LogP contribution is -2.30. The van der Waals surface area contributed by atoms with Crippen molar-refractivity contribution in [3.05, 3.63) is 86.7 Å². The average Bonchev–Trinajstić information content (AvgIpc) is 2.76. The first-order valence-corrected chi connectivity index (χ1v) is 8.33. The van der Waals surface area contributed by atoms with E-state index in [1.807, 2.05) is 6.07 Å². The minimum absolute atomic E-state index is 0.105. The Morgan fingerprint density at radius 1 is 0.800 bits per heavy atom. The molecular formula is C17H14N8O5. The number of para-hydroxylation sites is 1. The van der Waals surface area contributed by atoms with Gasteiger partial charge in [-0.25, -0.2) is 9.97 Å². The van der Waals surface area contributed by atoms with Gasteiger partial charge in [0.2, 0.25) is 11.6 Å². The maximum atomic E-state index is 12.2. The Labute approximate surface area is 168 Å². The van der Waals surface area contributed by atoms with E-state index in [0.717, 1.165) is 6.33 Å². The van der Waals surface area contributed by atoms with Crippen molar-refractivity contribution in [2.75, 3.05) is 16.3 Å². The summed E-state index contributed by atoms with van der Waals surface area (Å²) >= 11 is 0. The Bertz CT molecular complexity index is 1080. The molecule has 0 unspecified atom stereocenters. The van der Waals surface area contributed by atoms with E-state index >= 15 is 0 Å². The molecule has 0 radical (unpaired) electrons. The van der Waals surface area contributed by atoms with Crippen molar-refractivity contribution in [2.45, 2.75) is 0 Å². The number of anilines is 3. The van der Waals surface area contributed by atoms with Crippen LogP contribution in [0.1, 0.15) is 10.4 Å². The fraction of sp³-hybridized carbons (Fsp3) is 0. The maximum absolute atomic E-state index is 12.2. The SMILES string of the molecule is O=C(NNc1ncnc(NNc2ccccc2)c1[N+](=O)[O-])c1ccc([N+](=O)[O-])cc1. The fourth-order valence-electron chi connectivity index (χ4n) is 2.31. The summed E-state index contributed by atoms with van der Waals surface area (Å²) in [7, 11) is 0. The molecule has 13 nitrogen and oxygen atoms in total. The summed E-state index contributed by atoms with van der Waals surface area (Å²) < 4.78 is 0. The summed E-state index contributed by atoms with van der Waals surface area (Å²) in [4.78, 5) is 40.7. The van der Waals surface area contributed by atoms with Crippen molar-refractivity contribution in [3.63, 3.8) is 0 Å². The van der Waals surface area contributed by atoms with Gasteiger partial charge in [0.15, 0.2) is 0 Å². The van der Waals surface area contributed by atoms with Crippen LogP contribution >= 0.6 is 0 Å². The predicted molar refractivity (Wildman–Crippen MR) is 107 cm³/mol. The van der Waals surface area contributed by atoms with Gasteiger partial charge in [-0.1, -0.05) is 18.2 Å². The number of benzene rings is 2. The second kappa shape index (κ2) is 8.92. The van der Waals surface area contributed by atoms with Gasteiger partial charge in [-0.15, -0.1) is 0 Å². The average molecular weight is 410 g/mol. The minimum Gasteiger partial charge on any atom is -0.299 e. The molecule has 0 saturated heterocycles. The van der Waals surface area contributed by atoms with E-state index in [1.54, 1.807) is 24.3 Å². The molecule has 3 rings (SSSR count). The van der Waals surface area contributed by atoms with E-state index in [2.05, 4.69) is 31.7 Å². The molecule has 0 aliphatic rings. The van der Waals surface area contributed by atoms with Crippen LogP contribution in [0.5, 0.6) is 0 Å². The number of non-ortho nitro benzene ring substituents is 1. The molecule has 3 aromatic rings. The number of nitrogens with one attached hydrogen (secondary N) is 4. The Balaban J connectivity index is 1.72. The van der Waals surface area contributed by atoms with E-state index in [4.69, 9.17) is 0 Å². The third kappa shape index (κ3) is 4.72. The van der Waals surface area contributed by atoms with Crippen molar-refractivity contribution < 1.29 is 14.6 Å². The van der Waals surface area contributed by atoms with Crippen LogP contribution in [0.4, 0.5) is 28.7 Å². The number of carbonyl (C=O) groups is 1. The Hall–Kier alpha value is -4.81. The Morgan fingerprint density at radius 2 is 1.43 bits per heavy atom. The van der Waals surface area contributed by atoms with Crippen LogP contribution in [0.2, 0.25) is 0 Å². The molecule has 2 aromatic carbocycles. The highest BCUT2D eigenvalue weighted by Gasteiger charge is 2.23. The maximum Gasteiger partial charge on any atom is 0.356 e. The van der Waals surface area contributed by atoms with Crippen molar-refractivity contribution >= 4 is 34.6 Å². The molecule has 30 heavy (non-hydrogen) atoms. The number of nitro groups is 2. The zero-order chi connectivity index (χ0) is 21.5. The van der Waals surface area contributed by atoms with Gasteiger partial charge in [0, 0.05) is 17.7 Å². The monoisotopic (exact) mass is 410 g/mol. The first-order valence-electron chi connectivity index (χ1n) is 8.33. The van der Waals surface area contributed by atoms with Gasteiger partial charge < -0.3 is 0 Å². The van der Waals surface area contributed by atoms with Crippen molar-refractivity contribution in [1.29, 1.82) is 0 Å². The number of rotatable bonds is 8. The van der Waals surface area contributed by atoms with Gasteiger partial charge in [-0.3, -0.25) is 46.7 Å². The second-order valence-electron chi connectivity index (χ2n) is 5.68. The number of nitro benzene ring substituents is 1. The van der Waals surface area contributed by atoms with Crippen LogP contribution in [0, 0.1) is 20.2 Å². The minimum atomic E-state index is -0.713. The number of hydrogen-bond donors (Lipinski definition) is 4. The van der Waals surface area contributed by atoms with E-state index in [1.165, 1.54) is 24.3 Å². The van der Waals surface area contributed by atoms with E-state index in [0.29, 0.717) is 5.69 Å².